The van der Waals surface area contributed by atoms with E-state index in [2.05, 4.69) is 38.2 Å². The molecule has 0 aliphatic heterocycles. The lowest BCUT2D eigenvalue weighted by atomic mass is 10.00. The largest absolute Gasteiger partial charge is 0.496 e. The lowest BCUT2D eigenvalue weighted by Crippen LogP contribution is -2.12. The molecule has 0 unspecified atom stereocenters. The first kappa shape index (κ1) is 19.7. The highest BCUT2D eigenvalue weighted by Crippen LogP contribution is 2.26. The lowest BCUT2D eigenvalue weighted by molar-refractivity contribution is 0.407. The van der Waals surface area contributed by atoms with Crippen LogP contribution in [0.3, 0.4) is 0 Å². The van der Waals surface area contributed by atoms with E-state index < -0.39 is 0 Å². The van der Waals surface area contributed by atoms with Crippen molar-refractivity contribution in [1.29, 1.82) is 0 Å². The van der Waals surface area contributed by atoms with E-state index >= 15 is 0 Å². The van der Waals surface area contributed by atoms with Crippen molar-refractivity contribution in [2.24, 2.45) is 0 Å². The fourth-order valence-corrected chi connectivity index (χ4v) is 2.58. The fraction of sp³-hybridized carbons (Fsp3) is 0.263. The number of rotatable bonds is 6. The fourth-order valence-electron chi connectivity index (χ4n) is 2.58. The van der Waals surface area contributed by atoms with Crippen LogP contribution in [0, 0.1) is 6.92 Å². The second-order valence-electron chi connectivity index (χ2n) is 5.83. The minimum Gasteiger partial charge on any atom is -0.496 e. The number of hydrogen-bond donors (Lipinski definition) is 1. The molecule has 7 heteroatoms. The SMILES string of the molecule is COc1ccccc1[C@H](C)CNc1cc(-c2cnc(C)nc2)ncn1.S. The van der Waals surface area contributed by atoms with Crippen LogP contribution in [-0.2, 0) is 0 Å². The standard InChI is InChI=1S/C19H21N5O.H2S/c1-13(16-6-4-5-7-18(16)25-3)9-22-19-8-17(23-12-24-19)15-10-20-14(2)21-11-15;/h4-8,10-13H,9H2,1-3H3,(H,22,23,24);1H2/t13-;/m1./s1. The van der Waals surface area contributed by atoms with Crippen molar-refractivity contribution in [2.75, 3.05) is 19.0 Å². The molecule has 0 fully saturated rings. The van der Waals surface area contributed by atoms with Crippen molar-refractivity contribution in [1.82, 2.24) is 19.9 Å². The summed E-state index contributed by atoms with van der Waals surface area (Å²) in [6.07, 6.45) is 5.09. The Hall–Kier alpha value is -2.67. The van der Waals surface area contributed by atoms with E-state index in [9.17, 15) is 0 Å². The summed E-state index contributed by atoms with van der Waals surface area (Å²) in [5.41, 5.74) is 2.83. The smallest absolute Gasteiger partial charge is 0.129 e. The van der Waals surface area contributed by atoms with E-state index in [1.807, 2.05) is 31.2 Å². The quantitative estimate of drug-likeness (QED) is 0.716. The van der Waals surface area contributed by atoms with Gasteiger partial charge in [-0.2, -0.15) is 13.5 Å². The zero-order chi connectivity index (χ0) is 17.6. The van der Waals surface area contributed by atoms with Gasteiger partial charge in [0.15, 0.2) is 0 Å². The van der Waals surface area contributed by atoms with Crippen LogP contribution in [0.2, 0.25) is 0 Å². The Bertz CT molecular complexity index is 841. The highest BCUT2D eigenvalue weighted by Gasteiger charge is 2.11. The molecule has 0 aliphatic carbocycles. The Balaban J connectivity index is 0.00000243. The summed E-state index contributed by atoms with van der Waals surface area (Å²) < 4.78 is 5.44. The number of aromatic nitrogens is 4. The maximum absolute atomic E-state index is 5.44. The van der Waals surface area contributed by atoms with Crippen molar-refractivity contribution in [3.8, 4) is 17.0 Å². The molecule has 1 aromatic carbocycles. The predicted molar refractivity (Wildman–Crippen MR) is 108 cm³/mol. The minimum absolute atomic E-state index is 0. The third-order valence-corrected chi connectivity index (χ3v) is 4.00. The highest BCUT2D eigenvalue weighted by molar-refractivity contribution is 7.59. The van der Waals surface area contributed by atoms with Crippen molar-refractivity contribution >= 4 is 19.3 Å². The van der Waals surface area contributed by atoms with Gasteiger partial charge in [0, 0.05) is 36.5 Å². The molecule has 0 spiro atoms. The third-order valence-electron chi connectivity index (χ3n) is 4.00. The van der Waals surface area contributed by atoms with Gasteiger partial charge in [0.1, 0.15) is 23.7 Å². The molecule has 0 radical (unpaired) electrons. The first-order valence-corrected chi connectivity index (χ1v) is 8.15. The number of methoxy groups -OCH3 is 1. The molecule has 136 valence electrons. The topological polar surface area (TPSA) is 72.8 Å². The van der Waals surface area contributed by atoms with Gasteiger partial charge in [-0.15, -0.1) is 0 Å². The van der Waals surface area contributed by atoms with Gasteiger partial charge >= 0.3 is 0 Å². The number of aryl methyl sites for hydroxylation is 1. The number of benzene rings is 1. The summed E-state index contributed by atoms with van der Waals surface area (Å²) in [7, 11) is 1.69. The van der Waals surface area contributed by atoms with Crippen LogP contribution in [0.25, 0.3) is 11.3 Å². The molecule has 0 bridgehead atoms. The van der Waals surface area contributed by atoms with E-state index in [-0.39, 0.29) is 19.4 Å². The molecule has 1 atom stereocenters. The van der Waals surface area contributed by atoms with Crippen LogP contribution in [0.5, 0.6) is 5.75 Å². The van der Waals surface area contributed by atoms with Crippen molar-refractivity contribution in [2.45, 2.75) is 19.8 Å². The molecule has 2 heterocycles. The second kappa shape index (κ2) is 9.15. The average molecular weight is 369 g/mol. The van der Waals surface area contributed by atoms with Gasteiger partial charge in [0.05, 0.1) is 12.8 Å². The van der Waals surface area contributed by atoms with Crippen molar-refractivity contribution in [3.05, 3.63) is 60.4 Å². The van der Waals surface area contributed by atoms with Gasteiger partial charge in [0.25, 0.3) is 0 Å². The summed E-state index contributed by atoms with van der Waals surface area (Å²) >= 11 is 0. The summed E-state index contributed by atoms with van der Waals surface area (Å²) in [6, 6.07) is 9.96. The van der Waals surface area contributed by atoms with Crippen LogP contribution >= 0.6 is 13.5 Å². The number of anilines is 1. The summed E-state index contributed by atoms with van der Waals surface area (Å²) in [5, 5.41) is 3.37. The third kappa shape index (κ3) is 4.70. The number of nitrogens with one attached hydrogen (secondary N) is 1. The Morgan fingerprint density at radius 1 is 1.08 bits per heavy atom. The van der Waals surface area contributed by atoms with E-state index in [0.29, 0.717) is 0 Å². The van der Waals surface area contributed by atoms with Crippen molar-refractivity contribution in [3.63, 3.8) is 0 Å². The van der Waals surface area contributed by atoms with Gasteiger partial charge in [-0.05, 0) is 18.6 Å². The lowest BCUT2D eigenvalue weighted by Gasteiger charge is -2.16. The summed E-state index contributed by atoms with van der Waals surface area (Å²) in [6.45, 7) is 4.75. The van der Waals surface area contributed by atoms with Gasteiger partial charge < -0.3 is 10.1 Å². The number of ether oxygens (including phenoxy) is 1. The molecule has 0 saturated heterocycles. The van der Waals surface area contributed by atoms with E-state index in [1.54, 1.807) is 25.8 Å². The van der Waals surface area contributed by atoms with Gasteiger partial charge in [-0.1, -0.05) is 25.1 Å². The van der Waals surface area contributed by atoms with Crippen LogP contribution < -0.4 is 10.1 Å². The molecular weight excluding hydrogens is 346 g/mol. The molecule has 3 rings (SSSR count). The zero-order valence-electron chi connectivity index (χ0n) is 15.1. The van der Waals surface area contributed by atoms with Crippen LogP contribution in [-0.4, -0.2) is 33.6 Å². The summed E-state index contributed by atoms with van der Waals surface area (Å²) in [5.74, 6) is 2.68. The molecule has 26 heavy (non-hydrogen) atoms. The Morgan fingerprint density at radius 3 is 2.54 bits per heavy atom. The van der Waals surface area contributed by atoms with Crippen LogP contribution in [0.15, 0.2) is 49.1 Å². The van der Waals surface area contributed by atoms with E-state index in [1.165, 1.54) is 5.56 Å². The molecular formula is C19H23N5OS. The zero-order valence-corrected chi connectivity index (χ0v) is 16.1. The molecule has 0 aliphatic rings. The monoisotopic (exact) mass is 369 g/mol. The van der Waals surface area contributed by atoms with Gasteiger partial charge in [-0.3, -0.25) is 0 Å². The number of para-hydroxylation sites is 1. The van der Waals surface area contributed by atoms with E-state index in [4.69, 9.17) is 4.74 Å². The Morgan fingerprint density at radius 2 is 1.81 bits per heavy atom. The first-order chi connectivity index (χ1) is 12.2. The number of hydrogen-bond acceptors (Lipinski definition) is 6. The molecule has 0 saturated carbocycles. The molecule has 6 nitrogen and oxygen atoms in total. The molecule has 0 amide bonds. The molecule has 1 N–H and O–H groups in total. The Kier molecular flexibility index (Phi) is 6.91. The second-order valence-corrected chi connectivity index (χ2v) is 5.83. The van der Waals surface area contributed by atoms with Crippen LogP contribution in [0.1, 0.15) is 24.2 Å². The predicted octanol–water partition coefficient (Wildman–Crippen LogP) is 3.58. The first-order valence-electron chi connectivity index (χ1n) is 8.15. The van der Waals surface area contributed by atoms with Crippen molar-refractivity contribution < 1.29 is 4.74 Å². The normalized spacial score (nSPS) is 11.3. The minimum atomic E-state index is 0. The average Bonchev–Trinajstić information content (AvgIpc) is 2.67. The summed E-state index contributed by atoms with van der Waals surface area (Å²) in [4.78, 5) is 17.0. The maximum Gasteiger partial charge on any atom is 0.129 e. The highest BCUT2D eigenvalue weighted by atomic mass is 32.1. The maximum atomic E-state index is 5.44. The Labute approximate surface area is 160 Å². The molecule has 3 aromatic rings. The van der Waals surface area contributed by atoms with E-state index in [0.717, 1.165) is 35.2 Å². The number of nitrogens with zero attached hydrogens (tertiary/aromatic N) is 4. The van der Waals surface area contributed by atoms with Gasteiger partial charge in [-0.25, -0.2) is 19.9 Å². The molecule has 2 aromatic heterocycles. The van der Waals surface area contributed by atoms with Crippen LogP contribution in [0.4, 0.5) is 5.82 Å². The van der Waals surface area contributed by atoms with Gasteiger partial charge in [0.2, 0.25) is 0 Å².